The molecule has 1 rings (SSSR count). The van der Waals surface area contributed by atoms with Crippen molar-refractivity contribution in [2.24, 2.45) is 4.99 Å². The predicted molar refractivity (Wildman–Crippen MR) is 90.9 cm³/mol. The molecule has 0 spiro atoms. The third kappa shape index (κ3) is 7.45. The Morgan fingerprint density at radius 2 is 2.14 bits per heavy atom. The van der Waals surface area contributed by atoms with Crippen LogP contribution in [0, 0.1) is 0 Å². The zero-order valence-electron chi connectivity index (χ0n) is 14.4. The Balaban J connectivity index is 2.36. The van der Waals surface area contributed by atoms with Crippen LogP contribution >= 0.6 is 0 Å². The van der Waals surface area contributed by atoms with Gasteiger partial charge in [0.25, 0.3) is 0 Å². The van der Waals surface area contributed by atoms with E-state index in [9.17, 15) is 0 Å². The fraction of sp³-hybridized carbons (Fsp3) is 0.750. The maximum Gasteiger partial charge on any atom is 0.191 e. The van der Waals surface area contributed by atoms with Gasteiger partial charge in [-0.1, -0.05) is 19.0 Å². The summed E-state index contributed by atoms with van der Waals surface area (Å²) in [5, 5.41) is 10.6. The Kier molecular flexibility index (Phi) is 9.30. The number of hydrogen-bond acceptors (Lipinski definition) is 4. The Hall–Kier alpha value is -1.56. The average molecular weight is 309 g/mol. The first-order valence-corrected chi connectivity index (χ1v) is 8.36. The molecule has 0 aliphatic carbocycles. The first-order valence-electron chi connectivity index (χ1n) is 8.36. The van der Waals surface area contributed by atoms with Crippen LogP contribution < -0.4 is 10.6 Å². The summed E-state index contributed by atoms with van der Waals surface area (Å²) in [6.07, 6.45) is 3.89. The van der Waals surface area contributed by atoms with Gasteiger partial charge in [-0.3, -0.25) is 0 Å². The van der Waals surface area contributed by atoms with Gasteiger partial charge in [-0.2, -0.15) is 0 Å². The van der Waals surface area contributed by atoms with Crippen LogP contribution in [0.5, 0.6) is 0 Å². The molecule has 6 nitrogen and oxygen atoms in total. The summed E-state index contributed by atoms with van der Waals surface area (Å²) in [6.45, 7) is 13.5. The molecule has 126 valence electrons. The maximum atomic E-state index is 4.82. The lowest BCUT2D eigenvalue weighted by Gasteiger charge is -2.21. The van der Waals surface area contributed by atoms with Gasteiger partial charge in [0.05, 0.1) is 6.54 Å². The minimum atomic E-state index is 0.394. The van der Waals surface area contributed by atoms with E-state index in [4.69, 9.17) is 4.52 Å². The van der Waals surface area contributed by atoms with Crippen molar-refractivity contribution in [3.8, 4) is 0 Å². The van der Waals surface area contributed by atoms with Crippen LogP contribution in [0.4, 0.5) is 0 Å². The summed E-state index contributed by atoms with van der Waals surface area (Å²) in [6, 6.07) is 2.23. The second kappa shape index (κ2) is 11.1. The summed E-state index contributed by atoms with van der Waals surface area (Å²) in [7, 11) is 0. The highest BCUT2D eigenvalue weighted by Crippen LogP contribution is 2.01. The van der Waals surface area contributed by atoms with E-state index >= 15 is 0 Å². The average Bonchev–Trinajstić information content (AvgIpc) is 3.03. The molecule has 0 aliphatic heterocycles. The summed E-state index contributed by atoms with van der Waals surface area (Å²) in [4.78, 5) is 6.99. The predicted octanol–water partition coefficient (Wildman–Crippen LogP) is 2.24. The van der Waals surface area contributed by atoms with Crippen molar-refractivity contribution in [3.63, 3.8) is 0 Å². The zero-order valence-corrected chi connectivity index (χ0v) is 14.4. The standard InChI is InChI=1S/C16H31N5O/c1-5-17-16(18-13-15-10-12-22-20-15)19-14(4)9-8-11-21(6-2)7-3/h10,12,14H,5-9,11,13H2,1-4H3,(H2,17,18,19). The van der Waals surface area contributed by atoms with Crippen molar-refractivity contribution in [2.45, 2.75) is 53.1 Å². The van der Waals surface area contributed by atoms with Crippen molar-refractivity contribution in [1.29, 1.82) is 0 Å². The van der Waals surface area contributed by atoms with Crippen LogP contribution in [0.3, 0.4) is 0 Å². The highest BCUT2D eigenvalue weighted by molar-refractivity contribution is 5.79. The molecule has 6 heteroatoms. The topological polar surface area (TPSA) is 65.7 Å². The third-order valence-corrected chi connectivity index (χ3v) is 3.62. The molecule has 1 aromatic heterocycles. The smallest absolute Gasteiger partial charge is 0.191 e. The third-order valence-electron chi connectivity index (χ3n) is 3.62. The highest BCUT2D eigenvalue weighted by atomic mass is 16.5. The maximum absolute atomic E-state index is 4.82. The van der Waals surface area contributed by atoms with Crippen molar-refractivity contribution in [3.05, 3.63) is 18.0 Å². The normalized spacial score (nSPS) is 13.4. The largest absolute Gasteiger partial charge is 0.364 e. The molecule has 0 bridgehead atoms. The van der Waals surface area contributed by atoms with Crippen LogP contribution in [0.2, 0.25) is 0 Å². The zero-order chi connectivity index (χ0) is 16.2. The molecule has 0 aromatic carbocycles. The Bertz CT molecular complexity index is 401. The van der Waals surface area contributed by atoms with Crippen LogP contribution in [0.15, 0.2) is 21.8 Å². The molecule has 1 heterocycles. The van der Waals surface area contributed by atoms with E-state index in [1.54, 1.807) is 6.26 Å². The van der Waals surface area contributed by atoms with Gasteiger partial charge in [0.2, 0.25) is 0 Å². The first kappa shape index (κ1) is 18.5. The number of guanidine groups is 1. The molecule has 0 saturated heterocycles. The highest BCUT2D eigenvalue weighted by Gasteiger charge is 2.07. The molecule has 22 heavy (non-hydrogen) atoms. The fourth-order valence-electron chi connectivity index (χ4n) is 2.27. The number of rotatable bonds is 10. The van der Waals surface area contributed by atoms with Gasteiger partial charge in [0, 0.05) is 18.7 Å². The molecule has 0 fully saturated rings. The molecular formula is C16H31N5O. The summed E-state index contributed by atoms with van der Waals surface area (Å²) >= 11 is 0. The van der Waals surface area contributed by atoms with Gasteiger partial charge < -0.3 is 20.1 Å². The molecule has 1 atom stereocenters. The van der Waals surface area contributed by atoms with E-state index in [-0.39, 0.29) is 0 Å². The van der Waals surface area contributed by atoms with Gasteiger partial charge in [0.1, 0.15) is 12.0 Å². The Morgan fingerprint density at radius 3 is 2.73 bits per heavy atom. The van der Waals surface area contributed by atoms with E-state index in [0.717, 1.165) is 44.3 Å². The van der Waals surface area contributed by atoms with Crippen LogP contribution in [-0.2, 0) is 6.54 Å². The molecular weight excluding hydrogens is 278 g/mol. The van der Waals surface area contributed by atoms with Crippen molar-refractivity contribution in [2.75, 3.05) is 26.2 Å². The lowest BCUT2D eigenvalue weighted by Crippen LogP contribution is -2.42. The van der Waals surface area contributed by atoms with Gasteiger partial charge in [-0.15, -0.1) is 0 Å². The first-order chi connectivity index (χ1) is 10.7. The van der Waals surface area contributed by atoms with Crippen molar-refractivity contribution in [1.82, 2.24) is 20.7 Å². The van der Waals surface area contributed by atoms with Crippen LogP contribution in [-0.4, -0.2) is 48.2 Å². The minimum absolute atomic E-state index is 0.394. The summed E-state index contributed by atoms with van der Waals surface area (Å²) < 4.78 is 4.82. The number of aromatic nitrogens is 1. The fourth-order valence-corrected chi connectivity index (χ4v) is 2.27. The molecule has 0 radical (unpaired) electrons. The number of hydrogen-bond donors (Lipinski definition) is 2. The molecule has 1 aromatic rings. The van der Waals surface area contributed by atoms with Gasteiger partial charge in [-0.25, -0.2) is 4.99 Å². The number of nitrogens with zero attached hydrogens (tertiary/aromatic N) is 3. The molecule has 0 amide bonds. The Labute approximate surface area is 134 Å². The number of aliphatic imine (C=N–C) groups is 1. The van der Waals surface area contributed by atoms with Gasteiger partial charge >= 0.3 is 0 Å². The molecule has 2 N–H and O–H groups in total. The Morgan fingerprint density at radius 1 is 1.36 bits per heavy atom. The van der Waals surface area contributed by atoms with E-state index in [2.05, 4.69) is 53.4 Å². The van der Waals surface area contributed by atoms with E-state index < -0.39 is 0 Å². The van der Waals surface area contributed by atoms with E-state index in [1.807, 2.05) is 6.07 Å². The monoisotopic (exact) mass is 309 g/mol. The van der Waals surface area contributed by atoms with Gasteiger partial charge in [-0.05, 0) is 46.3 Å². The summed E-state index contributed by atoms with van der Waals surface area (Å²) in [5.41, 5.74) is 0.839. The second-order valence-corrected chi connectivity index (χ2v) is 5.40. The quantitative estimate of drug-likeness (QED) is 0.512. The van der Waals surface area contributed by atoms with Crippen LogP contribution in [0.25, 0.3) is 0 Å². The van der Waals surface area contributed by atoms with Gasteiger partial charge in [0.15, 0.2) is 5.96 Å². The lowest BCUT2D eigenvalue weighted by atomic mass is 10.2. The lowest BCUT2D eigenvalue weighted by molar-refractivity contribution is 0.292. The van der Waals surface area contributed by atoms with E-state index in [1.165, 1.54) is 6.42 Å². The van der Waals surface area contributed by atoms with Crippen molar-refractivity contribution >= 4 is 5.96 Å². The molecule has 0 aliphatic rings. The van der Waals surface area contributed by atoms with Crippen molar-refractivity contribution < 1.29 is 4.52 Å². The molecule has 1 unspecified atom stereocenters. The van der Waals surface area contributed by atoms with Crippen LogP contribution in [0.1, 0.15) is 46.2 Å². The molecule has 0 saturated carbocycles. The minimum Gasteiger partial charge on any atom is -0.364 e. The summed E-state index contributed by atoms with van der Waals surface area (Å²) in [5.74, 6) is 0.834. The SMILES string of the molecule is CCNC(=NCc1ccon1)NC(C)CCCN(CC)CC. The number of nitrogens with one attached hydrogen (secondary N) is 2. The van der Waals surface area contributed by atoms with E-state index in [0.29, 0.717) is 12.6 Å². The second-order valence-electron chi connectivity index (χ2n) is 5.40.